The third kappa shape index (κ3) is 4.13. The Hall–Kier alpha value is 0.544. The van der Waals surface area contributed by atoms with Gasteiger partial charge in [-0.1, -0.05) is 38.0 Å². The van der Waals surface area contributed by atoms with Gasteiger partial charge in [0.25, 0.3) is 0 Å². The van der Waals surface area contributed by atoms with Crippen LogP contribution in [-0.4, -0.2) is 0 Å². The van der Waals surface area contributed by atoms with Crippen LogP contribution in [0.2, 0.25) is 0 Å². The molecule has 4 heteroatoms. The second-order valence-corrected chi connectivity index (χ2v) is 11.0. The van der Waals surface area contributed by atoms with Crippen molar-refractivity contribution >= 4 is 33.5 Å². The number of benzene rings is 1. The van der Waals surface area contributed by atoms with Crippen LogP contribution in [0.4, 0.5) is 0 Å². The SMILES string of the molecule is CC1=[C-]C(C)c2ccccc21.[Cl][Ti+]([Cl])[Cl]. The molecule has 0 saturated heterocycles. The normalized spacial score (nSPS) is 17.4. The maximum atomic E-state index is 4.97. The number of rotatable bonds is 0. The van der Waals surface area contributed by atoms with Crippen molar-refractivity contribution in [1.82, 2.24) is 0 Å². The minimum atomic E-state index is -1.92. The van der Waals surface area contributed by atoms with Crippen LogP contribution in [-0.2, 0) is 14.7 Å². The zero-order valence-corrected chi connectivity index (χ0v) is 12.3. The fourth-order valence-corrected chi connectivity index (χ4v) is 1.70. The van der Waals surface area contributed by atoms with Crippen molar-refractivity contribution in [2.24, 2.45) is 0 Å². The standard InChI is InChI=1S/C11H11.3ClH.Ti/c1-8-7-9(2)11-6-4-3-5-10(8)11;;;;/h3-6,8H,1-2H3;3*1H;/q-1;;;;+4/p-3. The predicted octanol–water partition coefficient (Wildman–Crippen LogP) is 5.08. The zero-order chi connectivity index (χ0) is 11.4. The third-order valence-electron chi connectivity index (χ3n) is 2.26. The van der Waals surface area contributed by atoms with E-state index in [4.69, 9.17) is 27.9 Å². The summed E-state index contributed by atoms with van der Waals surface area (Å²) in [7, 11) is 14.9. The van der Waals surface area contributed by atoms with E-state index in [1.165, 1.54) is 16.7 Å². The van der Waals surface area contributed by atoms with E-state index in [9.17, 15) is 0 Å². The van der Waals surface area contributed by atoms with Gasteiger partial charge in [0.1, 0.15) is 0 Å². The van der Waals surface area contributed by atoms with E-state index < -0.39 is 14.7 Å². The molecule has 0 amide bonds. The summed E-state index contributed by atoms with van der Waals surface area (Å²) in [4.78, 5) is 0. The van der Waals surface area contributed by atoms with Crippen molar-refractivity contribution in [2.45, 2.75) is 19.8 Å². The molecular weight excluding hydrogens is 286 g/mol. The second kappa shape index (κ2) is 6.32. The molecule has 1 atom stereocenters. The van der Waals surface area contributed by atoms with Crippen molar-refractivity contribution in [3.63, 3.8) is 0 Å². The van der Waals surface area contributed by atoms with E-state index in [1.54, 1.807) is 0 Å². The first-order valence-corrected chi connectivity index (χ1v) is 11.0. The van der Waals surface area contributed by atoms with E-state index in [-0.39, 0.29) is 0 Å². The van der Waals surface area contributed by atoms with Gasteiger partial charge in [0.05, 0.1) is 0 Å². The van der Waals surface area contributed by atoms with Gasteiger partial charge in [-0.25, -0.2) is 5.57 Å². The van der Waals surface area contributed by atoms with Gasteiger partial charge >= 0.3 is 42.6 Å². The molecule has 0 aliphatic heterocycles. The van der Waals surface area contributed by atoms with Crippen LogP contribution in [0.3, 0.4) is 0 Å². The molecule has 15 heavy (non-hydrogen) atoms. The summed E-state index contributed by atoms with van der Waals surface area (Å²) in [5.74, 6) is 0.492. The number of fused-ring (bicyclic) bond motifs is 1. The molecule has 1 aliphatic rings. The average Bonchev–Trinajstić information content (AvgIpc) is 2.43. The number of hydrogen-bond donors (Lipinski definition) is 0. The molecule has 0 N–H and O–H groups in total. The predicted molar refractivity (Wildman–Crippen MR) is 64.7 cm³/mol. The minimum absolute atomic E-state index is 0.492. The van der Waals surface area contributed by atoms with Crippen molar-refractivity contribution in [3.8, 4) is 0 Å². The molecule has 0 nitrogen and oxygen atoms in total. The third-order valence-corrected chi connectivity index (χ3v) is 2.26. The van der Waals surface area contributed by atoms with Gasteiger partial charge in [0.15, 0.2) is 0 Å². The van der Waals surface area contributed by atoms with E-state index in [0.29, 0.717) is 5.92 Å². The fraction of sp³-hybridized carbons (Fsp3) is 0.273. The van der Waals surface area contributed by atoms with Crippen molar-refractivity contribution in [3.05, 3.63) is 41.5 Å². The first kappa shape index (κ1) is 13.6. The zero-order valence-electron chi connectivity index (χ0n) is 8.52. The maximum absolute atomic E-state index is 4.97. The molecule has 0 fully saturated rings. The summed E-state index contributed by atoms with van der Waals surface area (Å²) in [5.41, 5.74) is 4.10. The van der Waals surface area contributed by atoms with Crippen LogP contribution in [0.5, 0.6) is 0 Å². The first-order chi connectivity index (χ1) is 7.02. The molecule has 0 spiro atoms. The Morgan fingerprint density at radius 3 is 2.27 bits per heavy atom. The van der Waals surface area contributed by atoms with Crippen molar-refractivity contribution < 1.29 is 14.7 Å². The average molecular weight is 297 g/mol. The summed E-state index contributed by atoms with van der Waals surface area (Å²) in [6, 6.07) is 8.53. The van der Waals surface area contributed by atoms with E-state index in [1.807, 2.05) is 0 Å². The molecule has 1 aromatic rings. The van der Waals surface area contributed by atoms with Crippen LogP contribution in [0.25, 0.3) is 5.57 Å². The van der Waals surface area contributed by atoms with Crippen LogP contribution >= 0.6 is 27.9 Å². The Balaban J connectivity index is 0.000000245. The molecule has 0 bridgehead atoms. The summed E-state index contributed by atoms with van der Waals surface area (Å²) in [6.07, 6.45) is 3.40. The van der Waals surface area contributed by atoms with Gasteiger partial charge in [-0.05, 0) is 0 Å². The van der Waals surface area contributed by atoms with Gasteiger partial charge in [0, 0.05) is 0 Å². The van der Waals surface area contributed by atoms with Crippen molar-refractivity contribution in [1.29, 1.82) is 0 Å². The van der Waals surface area contributed by atoms with Gasteiger partial charge < -0.3 is 0 Å². The monoisotopic (exact) mass is 296 g/mol. The van der Waals surface area contributed by atoms with Gasteiger partial charge in [-0.3, -0.25) is 6.08 Å². The topological polar surface area (TPSA) is 0 Å². The Kier molecular flexibility index (Phi) is 5.74. The van der Waals surface area contributed by atoms with Crippen LogP contribution in [0, 0.1) is 6.08 Å². The van der Waals surface area contributed by atoms with Crippen LogP contribution in [0.1, 0.15) is 30.9 Å². The first-order valence-electron chi connectivity index (χ1n) is 4.55. The summed E-state index contributed by atoms with van der Waals surface area (Å²) < 4.78 is 0. The number of hydrogen-bond acceptors (Lipinski definition) is 0. The molecule has 0 aromatic heterocycles. The number of halogens is 3. The summed E-state index contributed by atoms with van der Waals surface area (Å²) in [5, 5.41) is 0. The molecule has 0 heterocycles. The summed E-state index contributed by atoms with van der Waals surface area (Å²) in [6.45, 7) is 4.32. The van der Waals surface area contributed by atoms with Crippen molar-refractivity contribution in [2.75, 3.05) is 0 Å². The second-order valence-electron chi connectivity index (χ2n) is 3.29. The van der Waals surface area contributed by atoms with Crippen LogP contribution in [0.15, 0.2) is 24.3 Å². The summed E-state index contributed by atoms with van der Waals surface area (Å²) >= 11 is -1.92. The molecule has 80 valence electrons. The molecule has 0 radical (unpaired) electrons. The quantitative estimate of drug-likeness (QED) is 0.463. The Morgan fingerprint density at radius 1 is 1.20 bits per heavy atom. The Bertz CT molecular complexity index is 358. The van der Waals surface area contributed by atoms with E-state index in [0.717, 1.165) is 0 Å². The van der Waals surface area contributed by atoms with Gasteiger partial charge in [-0.2, -0.15) is 5.56 Å². The van der Waals surface area contributed by atoms with Gasteiger partial charge in [-0.15, -0.1) is 11.6 Å². The van der Waals surface area contributed by atoms with Crippen LogP contribution < -0.4 is 0 Å². The fourth-order valence-electron chi connectivity index (χ4n) is 1.70. The Morgan fingerprint density at radius 2 is 1.73 bits per heavy atom. The molecule has 2 rings (SSSR count). The number of allylic oxidation sites excluding steroid dienone is 2. The van der Waals surface area contributed by atoms with E-state index in [2.05, 4.69) is 44.2 Å². The Labute approximate surface area is 109 Å². The molecule has 1 aromatic carbocycles. The van der Waals surface area contributed by atoms with E-state index >= 15 is 0 Å². The van der Waals surface area contributed by atoms with Gasteiger partial charge in [0.2, 0.25) is 0 Å². The molecular formula is C11H11Cl3Ti. The molecule has 0 saturated carbocycles. The molecule has 1 aliphatic carbocycles. The molecule has 1 unspecified atom stereocenters.